The minimum absolute atomic E-state index is 0.00943. The molecule has 1 saturated carbocycles. The summed E-state index contributed by atoms with van der Waals surface area (Å²) >= 11 is 0. The van der Waals surface area contributed by atoms with Crippen LogP contribution in [0.15, 0.2) is 29.2 Å². The van der Waals surface area contributed by atoms with Gasteiger partial charge in [-0.15, -0.1) is 0 Å². The smallest absolute Gasteiger partial charge is 0.310 e. The summed E-state index contributed by atoms with van der Waals surface area (Å²) < 4.78 is 76.8. The molecule has 0 aromatic heterocycles. The van der Waals surface area contributed by atoms with Crippen molar-refractivity contribution in [3.05, 3.63) is 29.8 Å². The highest BCUT2D eigenvalue weighted by Gasteiger charge is 2.67. The van der Waals surface area contributed by atoms with Crippen LogP contribution in [-0.2, 0) is 10.5 Å². The molecule has 1 N–H and O–H groups in total. The third-order valence-corrected chi connectivity index (χ3v) is 4.10. The van der Waals surface area contributed by atoms with Crippen LogP contribution in [0.1, 0.15) is 12.0 Å². The predicted octanol–water partition coefficient (Wildman–Crippen LogP) is 4.61. The molecule has 1 aromatic carbocycles. The molecule has 1 aliphatic carbocycles. The zero-order chi connectivity index (χ0) is 14.8. The summed E-state index contributed by atoms with van der Waals surface area (Å²) in [5.74, 6) is -3.01. The van der Waals surface area contributed by atoms with E-state index in [1.54, 1.807) is 0 Å². The van der Waals surface area contributed by atoms with Gasteiger partial charge in [0.1, 0.15) is 10.6 Å². The lowest BCUT2D eigenvalue weighted by Gasteiger charge is -2.40. The minimum Gasteiger partial charge on any atom is -0.481 e. The maximum Gasteiger partial charge on any atom is 0.310 e. The molecular weight excluding hydrogens is 298 g/mol. The number of carboxylic acid groups (broad SMARTS) is 1. The van der Waals surface area contributed by atoms with Gasteiger partial charge in [-0.05, 0) is 17.7 Å². The zero-order valence-corrected chi connectivity index (χ0v) is 9.94. The average Bonchev–Trinajstić information content (AvgIpc) is 2.90. The van der Waals surface area contributed by atoms with Crippen molar-refractivity contribution in [1.29, 1.82) is 0 Å². The van der Waals surface area contributed by atoms with Crippen molar-refractivity contribution in [2.75, 3.05) is 0 Å². The van der Waals surface area contributed by atoms with Crippen LogP contribution >= 0.6 is 10.2 Å². The lowest BCUT2D eigenvalue weighted by Crippen LogP contribution is -2.12. The van der Waals surface area contributed by atoms with Gasteiger partial charge in [0.25, 0.3) is 0 Å². The molecule has 0 unspecified atom stereocenters. The van der Waals surface area contributed by atoms with E-state index in [9.17, 15) is 28.6 Å². The van der Waals surface area contributed by atoms with E-state index in [2.05, 4.69) is 0 Å². The highest BCUT2D eigenvalue weighted by molar-refractivity contribution is 8.45. The number of halogens is 6. The van der Waals surface area contributed by atoms with Crippen LogP contribution in [0.4, 0.5) is 23.8 Å². The maximum atomic E-state index is 14.0. The van der Waals surface area contributed by atoms with Crippen LogP contribution in [0.3, 0.4) is 0 Å². The van der Waals surface area contributed by atoms with E-state index in [0.29, 0.717) is 6.07 Å². The number of hydrogen-bond donors (Lipinski definition) is 1. The third kappa shape index (κ3) is 2.51. The van der Waals surface area contributed by atoms with Gasteiger partial charge < -0.3 is 5.11 Å². The molecule has 2 rings (SSSR count). The highest BCUT2D eigenvalue weighted by atomic mass is 32.5. The van der Waals surface area contributed by atoms with Crippen LogP contribution in [0.25, 0.3) is 0 Å². The fourth-order valence-corrected chi connectivity index (χ4v) is 2.52. The Kier molecular flexibility index (Phi) is 2.23. The minimum atomic E-state index is -9.89. The number of hydrogen-bond acceptors (Lipinski definition) is 1. The second-order valence-electron chi connectivity index (χ2n) is 4.45. The number of carboxylic acids is 1. The van der Waals surface area contributed by atoms with Crippen LogP contribution in [-0.4, -0.2) is 11.1 Å². The summed E-state index contributed by atoms with van der Waals surface area (Å²) in [6.45, 7) is 0. The number of rotatable bonds is 3. The Morgan fingerprint density at radius 3 is 2.26 bits per heavy atom. The maximum absolute atomic E-state index is 14.0. The molecular formula is C10H8F6O2S. The van der Waals surface area contributed by atoms with Crippen LogP contribution in [0.5, 0.6) is 0 Å². The first kappa shape index (κ1) is 14.0. The van der Waals surface area contributed by atoms with E-state index in [1.807, 2.05) is 0 Å². The normalized spacial score (nSPS) is 30.3. The van der Waals surface area contributed by atoms with Crippen molar-refractivity contribution in [3.8, 4) is 0 Å². The fourth-order valence-electron chi connectivity index (χ4n) is 1.83. The van der Waals surface area contributed by atoms with Crippen molar-refractivity contribution < 1.29 is 33.7 Å². The highest BCUT2D eigenvalue weighted by Crippen LogP contribution is 3.02. The number of carbonyl (C=O) groups is 1. The third-order valence-electron chi connectivity index (χ3n) is 2.95. The Balaban J connectivity index is 2.47. The summed E-state index contributed by atoms with van der Waals surface area (Å²) in [5, 5.41) is 8.58. The number of aliphatic carboxylic acids is 1. The number of benzene rings is 1. The molecule has 108 valence electrons. The SMILES string of the molecule is O=C(O)[C@@H]1C[C@]1(F)c1cccc(S(F)(F)(F)(F)F)c1. The molecule has 0 bridgehead atoms. The Hall–Kier alpha value is -1.38. The Bertz CT molecular complexity index is 569. The molecule has 2 atom stereocenters. The van der Waals surface area contributed by atoms with E-state index in [-0.39, 0.29) is 12.1 Å². The van der Waals surface area contributed by atoms with E-state index in [1.165, 1.54) is 0 Å². The van der Waals surface area contributed by atoms with Crippen LogP contribution < -0.4 is 0 Å². The van der Waals surface area contributed by atoms with Crippen molar-refractivity contribution in [2.24, 2.45) is 5.92 Å². The van der Waals surface area contributed by atoms with Crippen molar-refractivity contribution in [1.82, 2.24) is 0 Å². The summed E-state index contributed by atoms with van der Waals surface area (Å²) in [6.07, 6.45) is -0.522. The molecule has 0 amide bonds. The Morgan fingerprint density at radius 1 is 1.26 bits per heavy atom. The molecule has 9 heteroatoms. The second kappa shape index (κ2) is 3.02. The van der Waals surface area contributed by atoms with Gasteiger partial charge in [-0.25, -0.2) is 4.39 Å². The predicted molar refractivity (Wildman–Crippen MR) is 56.4 cm³/mol. The summed E-state index contributed by atoms with van der Waals surface area (Å²) in [7, 11) is -9.89. The van der Waals surface area contributed by atoms with Gasteiger partial charge in [0.2, 0.25) is 0 Å². The van der Waals surface area contributed by atoms with Crippen molar-refractivity contribution >= 4 is 16.2 Å². The summed E-state index contributed by atoms with van der Waals surface area (Å²) in [6, 6.07) is 1.65. The lowest BCUT2D eigenvalue weighted by molar-refractivity contribution is -0.139. The van der Waals surface area contributed by atoms with Gasteiger partial charge in [-0.1, -0.05) is 31.6 Å². The van der Waals surface area contributed by atoms with E-state index in [0.717, 1.165) is 6.07 Å². The molecule has 1 fully saturated rings. The van der Waals surface area contributed by atoms with Crippen molar-refractivity contribution in [2.45, 2.75) is 17.0 Å². The molecule has 19 heavy (non-hydrogen) atoms. The molecule has 1 aromatic rings. The van der Waals surface area contributed by atoms with Gasteiger partial charge in [-0.2, -0.15) is 0 Å². The fraction of sp³-hybridized carbons (Fsp3) is 0.300. The zero-order valence-electron chi connectivity index (χ0n) is 9.13. The van der Waals surface area contributed by atoms with E-state index in [4.69, 9.17) is 5.11 Å². The molecule has 2 nitrogen and oxygen atoms in total. The summed E-state index contributed by atoms with van der Waals surface area (Å²) in [4.78, 5) is 8.34. The van der Waals surface area contributed by atoms with Crippen LogP contribution in [0, 0.1) is 5.92 Å². The van der Waals surface area contributed by atoms with Gasteiger partial charge in [0.15, 0.2) is 0 Å². The largest absolute Gasteiger partial charge is 0.481 e. The second-order valence-corrected chi connectivity index (χ2v) is 6.86. The molecule has 1 aliphatic rings. The first-order valence-corrected chi connectivity index (χ1v) is 6.95. The first-order chi connectivity index (χ1) is 8.24. The quantitative estimate of drug-likeness (QED) is 0.828. The van der Waals surface area contributed by atoms with Gasteiger partial charge >= 0.3 is 16.2 Å². The van der Waals surface area contributed by atoms with Gasteiger partial charge in [0.05, 0.1) is 5.92 Å². The number of alkyl halides is 1. The molecule has 0 radical (unpaired) electrons. The summed E-state index contributed by atoms with van der Waals surface area (Å²) in [5.41, 5.74) is -3.20. The van der Waals surface area contributed by atoms with E-state index >= 15 is 0 Å². The molecule has 0 heterocycles. The Labute approximate surface area is 103 Å². The standard InChI is InChI=1S/C10H8F6O2S/c11-10(5-8(10)9(17)18)6-2-1-3-7(4-6)19(12,13,14,15)16/h1-4,8H,5H2,(H,17,18)/t8-,10-/m0/s1. The topological polar surface area (TPSA) is 37.3 Å². The molecule has 0 saturated heterocycles. The van der Waals surface area contributed by atoms with E-state index < -0.39 is 44.7 Å². The monoisotopic (exact) mass is 306 g/mol. The van der Waals surface area contributed by atoms with Gasteiger partial charge in [-0.3, -0.25) is 4.79 Å². The molecule has 0 aliphatic heterocycles. The van der Waals surface area contributed by atoms with Crippen molar-refractivity contribution in [3.63, 3.8) is 0 Å². The van der Waals surface area contributed by atoms with Gasteiger partial charge in [0, 0.05) is 6.42 Å². The average molecular weight is 306 g/mol. The first-order valence-electron chi connectivity index (χ1n) is 5.00. The van der Waals surface area contributed by atoms with Crippen LogP contribution in [0.2, 0.25) is 0 Å². The lowest BCUT2D eigenvalue weighted by atomic mass is 10.1. The Morgan fingerprint density at radius 2 is 1.84 bits per heavy atom. The molecule has 0 spiro atoms.